The van der Waals surface area contributed by atoms with Crippen molar-refractivity contribution >= 4 is 16.8 Å². The van der Waals surface area contributed by atoms with Gasteiger partial charge in [0.2, 0.25) is 0 Å². The molecule has 3 aromatic rings. The van der Waals surface area contributed by atoms with Gasteiger partial charge in [0.1, 0.15) is 6.33 Å². The summed E-state index contributed by atoms with van der Waals surface area (Å²) in [6.07, 6.45) is 4.87. The lowest BCUT2D eigenvalue weighted by molar-refractivity contribution is 0.0949. The van der Waals surface area contributed by atoms with Crippen molar-refractivity contribution < 1.29 is 4.79 Å². The Labute approximate surface area is 116 Å². The molecule has 3 rings (SSSR count). The second-order valence-electron chi connectivity index (χ2n) is 4.60. The molecule has 100 valence electrons. The second kappa shape index (κ2) is 5.13. The molecule has 0 saturated heterocycles. The van der Waals surface area contributed by atoms with E-state index in [4.69, 9.17) is 0 Å². The van der Waals surface area contributed by atoms with Gasteiger partial charge in [-0.05, 0) is 36.1 Å². The molecule has 1 amide bonds. The Morgan fingerprint density at radius 3 is 3.10 bits per heavy atom. The summed E-state index contributed by atoms with van der Waals surface area (Å²) < 4.78 is 0. The zero-order valence-corrected chi connectivity index (χ0v) is 11.1. The molecule has 0 spiro atoms. The van der Waals surface area contributed by atoms with Crippen LogP contribution in [0.3, 0.4) is 0 Å². The fraction of sp³-hybridized carbons (Fsp3) is 0.133. The Kier molecular flexibility index (Phi) is 3.16. The highest BCUT2D eigenvalue weighted by Crippen LogP contribution is 2.14. The molecule has 0 fully saturated rings. The van der Waals surface area contributed by atoms with Gasteiger partial charge in [-0.1, -0.05) is 6.07 Å². The highest BCUT2D eigenvalue weighted by atomic mass is 16.1. The maximum atomic E-state index is 12.1. The van der Waals surface area contributed by atoms with E-state index in [9.17, 15) is 4.79 Å². The first-order valence-corrected chi connectivity index (χ1v) is 6.35. The summed E-state index contributed by atoms with van der Waals surface area (Å²) in [6.45, 7) is 2.27. The van der Waals surface area contributed by atoms with Crippen LogP contribution in [0.15, 0.2) is 43.0 Å². The van der Waals surface area contributed by atoms with Crippen LogP contribution in [0, 0.1) is 6.92 Å². The smallest absolute Gasteiger partial charge is 0.254 e. The average molecular weight is 266 g/mol. The minimum Gasteiger partial charge on any atom is -0.361 e. The number of nitrogens with zero attached hydrogens (tertiary/aromatic N) is 2. The van der Waals surface area contributed by atoms with Crippen LogP contribution in [0.1, 0.15) is 21.6 Å². The Bertz CT molecular complexity index is 763. The standard InChI is InChI=1S/C15H14N4O/c1-10-13(8-16-9-19-10)15(20)18-7-11-2-3-14-12(6-11)4-5-17-14/h2-6,8-9,17H,7H2,1H3,(H,18,20). The average Bonchev–Trinajstić information content (AvgIpc) is 2.92. The number of carbonyl (C=O) groups is 1. The van der Waals surface area contributed by atoms with Gasteiger partial charge in [0.25, 0.3) is 5.91 Å². The van der Waals surface area contributed by atoms with Gasteiger partial charge in [-0.15, -0.1) is 0 Å². The molecule has 0 radical (unpaired) electrons. The molecule has 0 saturated carbocycles. The quantitative estimate of drug-likeness (QED) is 0.763. The van der Waals surface area contributed by atoms with Crippen LogP contribution in [0.4, 0.5) is 0 Å². The molecule has 2 aromatic heterocycles. The number of fused-ring (bicyclic) bond motifs is 1. The summed E-state index contributed by atoms with van der Waals surface area (Å²) in [7, 11) is 0. The van der Waals surface area contributed by atoms with Crippen molar-refractivity contribution in [2.45, 2.75) is 13.5 Å². The van der Waals surface area contributed by atoms with Crippen molar-refractivity contribution in [3.05, 3.63) is 59.8 Å². The highest BCUT2D eigenvalue weighted by Gasteiger charge is 2.09. The van der Waals surface area contributed by atoms with Gasteiger partial charge in [0, 0.05) is 24.5 Å². The van der Waals surface area contributed by atoms with Gasteiger partial charge in [-0.2, -0.15) is 0 Å². The number of hydrogen-bond acceptors (Lipinski definition) is 3. The molecule has 0 aliphatic rings. The van der Waals surface area contributed by atoms with E-state index in [-0.39, 0.29) is 5.91 Å². The van der Waals surface area contributed by atoms with Crippen LogP contribution < -0.4 is 5.32 Å². The first-order chi connectivity index (χ1) is 9.74. The first kappa shape index (κ1) is 12.3. The molecule has 0 bridgehead atoms. The number of hydrogen-bond donors (Lipinski definition) is 2. The van der Waals surface area contributed by atoms with Gasteiger partial charge >= 0.3 is 0 Å². The third-order valence-corrected chi connectivity index (χ3v) is 3.23. The van der Waals surface area contributed by atoms with Crippen molar-refractivity contribution in [1.29, 1.82) is 0 Å². The molecule has 0 aliphatic heterocycles. The number of nitrogens with one attached hydrogen (secondary N) is 2. The van der Waals surface area contributed by atoms with Crippen LogP contribution in [0.2, 0.25) is 0 Å². The molecule has 2 heterocycles. The highest BCUT2D eigenvalue weighted by molar-refractivity contribution is 5.94. The summed E-state index contributed by atoms with van der Waals surface area (Å²) in [5.74, 6) is -0.155. The van der Waals surface area contributed by atoms with Crippen LogP contribution in [0.25, 0.3) is 10.9 Å². The Morgan fingerprint density at radius 2 is 2.25 bits per heavy atom. The maximum absolute atomic E-state index is 12.1. The van der Waals surface area contributed by atoms with E-state index in [0.29, 0.717) is 17.8 Å². The molecule has 20 heavy (non-hydrogen) atoms. The third-order valence-electron chi connectivity index (χ3n) is 3.23. The maximum Gasteiger partial charge on any atom is 0.254 e. The van der Waals surface area contributed by atoms with Crippen molar-refractivity contribution in [2.75, 3.05) is 0 Å². The SMILES string of the molecule is Cc1ncncc1C(=O)NCc1ccc2[nH]ccc2c1. The lowest BCUT2D eigenvalue weighted by Gasteiger charge is -2.06. The van der Waals surface area contributed by atoms with Gasteiger partial charge in [-0.3, -0.25) is 4.79 Å². The summed E-state index contributed by atoms with van der Waals surface area (Å²) in [5.41, 5.74) is 3.33. The van der Waals surface area contributed by atoms with E-state index in [2.05, 4.69) is 26.3 Å². The first-order valence-electron chi connectivity index (χ1n) is 6.35. The number of aromatic amines is 1. The molecule has 0 unspecified atom stereocenters. The van der Waals surface area contributed by atoms with Gasteiger partial charge in [-0.25, -0.2) is 9.97 Å². The van der Waals surface area contributed by atoms with Crippen molar-refractivity contribution in [3.8, 4) is 0 Å². The Hall–Kier alpha value is -2.69. The van der Waals surface area contributed by atoms with E-state index < -0.39 is 0 Å². The van der Waals surface area contributed by atoms with E-state index in [0.717, 1.165) is 16.5 Å². The van der Waals surface area contributed by atoms with Gasteiger partial charge in [0.05, 0.1) is 11.3 Å². The summed E-state index contributed by atoms with van der Waals surface area (Å²) >= 11 is 0. The van der Waals surface area contributed by atoms with Gasteiger partial charge in [0.15, 0.2) is 0 Å². The number of rotatable bonds is 3. The molecule has 5 nitrogen and oxygen atoms in total. The number of amides is 1. The van der Waals surface area contributed by atoms with Crippen molar-refractivity contribution in [2.24, 2.45) is 0 Å². The molecule has 0 atom stereocenters. The number of aryl methyl sites for hydroxylation is 1. The van der Waals surface area contributed by atoms with E-state index in [1.165, 1.54) is 12.5 Å². The van der Waals surface area contributed by atoms with Crippen LogP contribution in [0.5, 0.6) is 0 Å². The van der Waals surface area contributed by atoms with Crippen LogP contribution in [-0.2, 0) is 6.54 Å². The molecular formula is C15H14N4O. The van der Waals surface area contributed by atoms with E-state index in [1.807, 2.05) is 24.4 Å². The predicted octanol–water partition coefficient (Wildman–Crippen LogP) is 2.20. The predicted molar refractivity (Wildman–Crippen MR) is 76.2 cm³/mol. The lowest BCUT2D eigenvalue weighted by Crippen LogP contribution is -2.24. The molecular weight excluding hydrogens is 252 g/mol. The van der Waals surface area contributed by atoms with Crippen LogP contribution in [-0.4, -0.2) is 20.9 Å². The fourth-order valence-corrected chi connectivity index (χ4v) is 2.10. The largest absolute Gasteiger partial charge is 0.361 e. The zero-order valence-electron chi connectivity index (χ0n) is 11.1. The lowest BCUT2D eigenvalue weighted by atomic mass is 10.1. The number of aromatic nitrogens is 3. The third kappa shape index (κ3) is 2.38. The van der Waals surface area contributed by atoms with E-state index >= 15 is 0 Å². The molecule has 0 aliphatic carbocycles. The topological polar surface area (TPSA) is 70.7 Å². The monoisotopic (exact) mass is 266 g/mol. The minimum absolute atomic E-state index is 0.155. The number of carbonyl (C=O) groups excluding carboxylic acids is 1. The number of H-pyrrole nitrogens is 1. The second-order valence-corrected chi connectivity index (χ2v) is 4.60. The summed E-state index contributed by atoms with van der Waals surface area (Å²) in [6, 6.07) is 8.07. The van der Waals surface area contributed by atoms with E-state index in [1.54, 1.807) is 6.92 Å². The zero-order chi connectivity index (χ0) is 13.9. The number of benzene rings is 1. The van der Waals surface area contributed by atoms with Gasteiger partial charge < -0.3 is 10.3 Å². The summed E-state index contributed by atoms with van der Waals surface area (Å²) in [4.78, 5) is 23.1. The molecule has 5 heteroatoms. The fourth-order valence-electron chi connectivity index (χ4n) is 2.10. The van der Waals surface area contributed by atoms with Crippen LogP contribution >= 0.6 is 0 Å². The molecule has 2 N–H and O–H groups in total. The van der Waals surface area contributed by atoms with Crippen molar-refractivity contribution in [1.82, 2.24) is 20.3 Å². The normalized spacial score (nSPS) is 10.7. The van der Waals surface area contributed by atoms with Crippen molar-refractivity contribution in [3.63, 3.8) is 0 Å². The minimum atomic E-state index is -0.155. The Balaban J connectivity index is 1.73. The molecule has 1 aromatic carbocycles. The Morgan fingerprint density at radius 1 is 1.35 bits per heavy atom. The summed E-state index contributed by atoms with van der Waals surface area (Å²) in [5, 5.41) is 4.02.